The molecule has 0 radical (unpaired) electrons. The van der Waals surface area contributed by atoms with Crippen molar-refractivity contribution in [1.29, 1.82) is 0 Å². The smallest absolute Gasteiger partial charge is 0.115 e. The van der Waals surface area contributed by atoms with E-state index in [0.29, 0.717) is 26.4 Å². The Morgan fingerprint density at radius 2 is 1.12 bits per heavy atom. The molecule has 1 aromatic rings. The molecule has 0 aliphatic carbocycles. The van der Waals surface area contributed by atoms with Crippen LogP contribution < -0.4 is 0 Å². The van der Waals surface area contributed by atoms with Gasteiger partial charge in [-0.3, -0.25) is 0 Å². The molecule has 1 fully saturated rings. The average molecular weight is 479 g/mol. The highest BCUT2D eigenvalue weighted by atomic mass is 16.6. The molecule has 5 nitrogen and oxygen atoms in total. The molecule has 0 aromatic heterocycles. The topological polar surface area (TPSA) is 46.2 Å². The van der Waals surface area contributed by atoms with E-state index >= 15 is 0 Å². The van der Waals surface area contributed by atoms with Crippen LogP contribution in [0.2, 0.25) is 0 Å². The van der Waals surface area contributed by atoms with Gasteiger partial charge in [0, 0.05) is 32.8 Å². The first kappa shape index (κ1) is 29.3. The number of hydrogen-bond acceptors (Lipinski definition) is 5. The fraction of sp³-hybridized carbons (Fsp3) is 0.793. The third-order valence-corrected chi connectivity index (χ3v) is 6.36. The van der Waals surface area contributed by atoms with Crippen LogP contribution in [0.3, 0.4) is 0 Å². The molecule has 1 saturated heterocycles. The van der Waals surface area contributed by atoms with Gasteiger partial charge in [0.05, 0.1) is 12.7 Å². The lowest BCUT2D eigenvalue weighted by molar-refractivity contribution is -0.265. The third-order valence-electron chi connectivity index (χ3n) is 6.36. The minimum Gasteiger partial charge on any atom is -0.379 e. The van der Waals surface area contributed by atoms with E-state index in [1.54, 1.807) is 0 Å². The van der Waals surface area contributed by atoms with Crippen molar-refractivity contribution in [3.8, 4) is 0 Å². The van der Waals surface area contributed by atoms with E-state index in [0.717, 1.165) is 64.4 Å². The van der Waals surface area contributed by atoms with Crippen molar-refractivity contribution in [2.45, 2.75) is 116 Å². The molecule has 0 unspecified atom stereocenters. The van der Waals surface area contributed by atoms with Gasteiger partial charge < -0.3 is 23.7 Å². The number of ether oxygens (including phenoxy) is 5. The molecule has 0 bridgehead atoms. The second-order valence-electron chi connectivity index (χ2n) is 9.40. The zero-order valence-corrected chi connectivity index (χ0v) is 22.2. The average Bonchev–Trinajstić information content (AvgIpc) is 2.85. The molecule has 1 aromatic carbocycles. The molecule has 5 heteroatoms. The Balaban J connectivity index is 2.27. The lowest BCUT2D eigenvalue weighted by Crippen LogP contribution is -2.62. The first-order chi connectivity index (χ1) is 16.7. The van der Waals surface area contributed by atoms with Crippen LogP contribution in [-0.4, -0.2) is 63.6 Å². The second-order valence-corrected chi connectivity index (χ2v) is 9.40. The predicted molar refractivity (Wildman–Crippen MR) is 138 cm³/mol. The summed E-state index contributed by atoms with van der Waals surface area (Å²) < 4.78 is 32.3. The summed E-state index contributed by atoms with van der Waals surface area (Å²) >= 11 is 0. The van der Waals surface area contributed by atoms with E-state index in [1.165, 1.54) is 5.56 Å². The van der Waals surface area contributed by atoms with Gasteiger partial charge in [-0.2, -0.15) is 0 Å². The third kappa shape index (κ3) is 10.3. The minimum absolute atomic E-state index is 0.100. The fourth-order valence-corrected chi connectivity index (χ4v) is 4.27. The van der Waals surface area contributed by atoms with E-state index in [9.17, 15) is 0 Å². The molecule has 5 atom stereocenters. The van der Waals surface area contributed by atoms with Crippen molar-refractivity contribution in [2.75, 3.05) is 33.0 Å². The van der Waals surface area contributed by atoms with Crippen LogP contribution in [0.1, 0.15) is 84.6 Å². The van der Waals surface area contributed by atoms with Crippen LogP contribution in [-0.2, 0) is 30.1 Å². The second kappa shape index (κ2) is 18.3. The summed E-state index contributed by atoms with van der Waals surface area (Å²) in [5.74, 6) is 0. The molecule has 0 amide bonds. The van der Waals surface area contributed by atoms with Crippen molar-refractivity contribution < 1.29 is 23.7 Å². The maximum Gasteiger partial charge on any atom is 0.115 e. The molecule has 0 N–H and O–H groups in total. The van der Waals surface area contributed by atoms with E-state index in [-0.39, 0.29) is 30.5 Å². The van der Waals surface area contributed by atoms with E-state index < -0.39 is 0 Å². The monoisotopic (exact) mass is 478 g/mol. The van der Waals surface area contributed by atoms with Crippen molar-refractivity contribution in [1.82, 2.24) is 0 Å². The summed E-state index contributed by atoms with van der Waals surface area (Å²) in [7, 11) is 0. The fourth-order valence-electron chi connectivity index (χ4n) is 4.27. The van der Waals surface area contributed by atoms with Crippen LogP contribution in [0.4, 0.5) is 0 Å². The molecule has 0 spiro atoms. The number of benzene rings is 1. The van der Waals surface area contributed by atoms with Crippen LogP contribution >= 0.6 is 0 Å². The Morgan fingerprint density at radius 3 is 1.68 bits per heavy atom. The van der Waals surface area contributed by atoms with E-state index in [4.69, 9.17) is 23.7 Å². The van der Waals surface area contributed by atoms with Crippen molar-refractivity contribution in [2.24, 2.45) is 0 Å². The highest BCUT2D eigenvalue weighted by Gasteiger charge is 2.48. The number of hydrogen-bond donors (Lipinski definition) is 0. The van der Waals surface area contributed by atoms with Crippen LogP contribution in [0, 0.1) is 0 Å². The van der Waals surface area contributed by atoms with Crippen molar-refractivity contribution >= 4 is 0 Å². The molecule has 196 valence electrons. The Morgan fingerprint density at radius 1 is 0.618 bits per heavy atom. The van der Waals surface area contributed by atoms with Gasteiger partial charge in [0.1, 0.15) is 24.4 Å². The number of unbranched alkanes of at least 4 members (excludes halogenated alkanes) is 4. The Hall–Kier alpha value is -0.980. The van der Waals surface area contributed by atoms with E-state index in [2.05, 4.69) is 58.0 Å². The summed E-state index contributed by atoms with van der Waals surface area (Å²) in [6.07, 6.45) is 8.56. The molecule has 1 heterocycles. The van der Waals surface area contributed by atoms with Gasteiger partial charge in [0.15, 0.2) is 0 Å². The maximum atomic E-state index is 6.74. The first-order valence-electron chi connectivity index (χ1n) is 13.9. The van der Waals surface area contributed by atoms with Gasteiger partial charge in [-0.05, 0) is 31.2 Å². The van der Waals surface area contributed by atoms with Gasteiger partial charge >= 0.3 is 0 Å². The van der Waals surface area contributed by atoms with Gasteiger partial charge in [0.25, 0.3) is 0 Å². The standard InChI is InChI=1S/C29H50O5/c1-5-9-18-30-23-26-28(32-20-11-7-3)29(33-21-12-8-4)27(31-19-10-6-2)25(34-26)22-24-16-14-13-15-17-24/h13-17,25-29H,5-12,18-23H2,1-4H3/t25-,26+,27-,28+,29+/m0/s1. The maximum absolute atomic E-state index is 6.74. The molecular weight excluding hydrogens is 428 g/mol. The highest BCUT2D eigenvalue weighted by molar-refractivity contribution is 5.16. The van der Waals surface area contributed by atoms with Gasteiger partial charge in [-0.15, -0.1) is 0 Å². The summed E-state index contributed by atoms with van der Waals surface area (Å²) in [6, 6.07) is 10.6. The molecule has 1 aliphatic heterocycles. The largest absolute Gasteiger partial charge is 0.379 e. The lowest BCUT2D eigenvalue weighted by atomic mass is 9.90. The van der Waals surface area contributed by atoms with Crippen LogP contribution in [0.15, 0.2) is 30.3 Å². The zero-order valence-electron chi connectivity index (χ0n) is 22.2. The molecule has 1 aliphatic rings. The van der Waals surface area contributed by atoms with Crippen LogP contribution in [0.5, 0.6) is 0 Å². The molecule has 34 heavy (non-hydrogen) atoms. The summed E-state index contributed by atoms with van der Waals surface area (Å²) in [5.41, 5.74) is 1.25. The Bertz CT molecular complexity index is 595. The van der Waals surface area contributed by atoms with E-state index in [1.807, 2.05) is 0 Å². The first-order valence-corrected chi connectivity index (χ1v) is 13.9. The quantitative estimate of drug-likeness (QED) is 0.216. The Labute approximate surface area is 208 Å². The summed E-state index contributed by atoms with van der Waals surface area (Å²) in [5, 5.41) is 0. The van der Waals surface area contributed by atoms with Crippen molar-refractivity contribution in [3.05, 3.63) is 35.9 Å². The van der Waals surface area contributed by atoms with Gasteiger partial charge in [-0.25, -0.2) is 0 Å². The Kier molecular flexibility index (Phi) is 15.8. The molecule has 2 rings (SSSR count). The predicted octanol–water partition coefficient (Wildman–Crippen LogP) is 6.37. The number of rotatable bonds is 19. The summed E-state index contributed by atoms with van der Waals surface area (Å²) in [6.45, 7) is 12.2. The molecule has 0 saturated carbocycles. The van der Waals surface area contributed by atoms with Gasteiger partial charge in [0.2, 0.25) is 0 Å². The highest BCUT2D eigenvalue weighted by Crippen LogP contribution is 2.31. The molecular formula is C29H50O5. The van der Waals surface area contributed by atoms with Gasteiger partial charge in [-0.1, -0.05) is 83.7 Å². The van der Waals surface area contributed by atoms with Crippen LogP contribution in [0.25, 0.3) is 0 Å². The van der Waals surface area contributed by atoms with Crippen molar-refractivity contribution in [3.63, 3.8) is 0 Å². The minimum atomic E-state index is -0.191. The normalized spacial score (nSPS) is 25.0. The SMILES string of the molecule is CCCCOC[C@H]1O[C@@H](Cc2ccccc2)[C@H](OCCCC)[C@@H](OCCCC)[C@@H]1OCCCC. The lowest BCUT2D eigenvalue weighted by Gasteiger charge is -2.46. The zero-order chi connectivity index (χ0) is 24.4. The summed E-state index contributed by atoms with van der Waals surface area (Å²) in [4.78, 5) is 0.